The van der Waals surface area contributed by atoms with Gasteiger partial charge < -0.3 is 20.1 Å². The van der Waals surface area contributed by atoms with Crippen molar-refractivity contribution in [1.29, 1.82) is 0 Å². The molecule has 0 amide bonds. The highest BCUT2D eigenvalue weighted by atomic mass is 16.5. The predicted molar refractivity (Wildman–Crippen MR) is 69.3 cm³/mol. The van der Waals surface area contributed by atoms with E-state index in [0.717, 1.165) is 24.5 Å². The summed E-state index contributed by atoms with van der Waals surface area (Å²) in [5.74, 6) is 0.0471. The normalized spacial score (nSPS) is 19.6. The molecule has 0 saturated carbocycles. The maximum Gasteiger partial charge on any atom is 0.305 e. The van der Waals surface area contributed by atoms with E-state index in [9.17, 15) is 4.79 Å². The molecular weight excluding hydrogens is 232 g/mol. The zero-order valence-corrected chi connectivity index (χ0v) is 10.4. The molecule has 0 spiro atoms. The third kappa shape index (κ3) is 2.92. The van der Waals surface area contributed by atoms with E-state index in [1.807, 2.05) is 24.3 Å². The molecule has 18 heavy (non-hydrogen) atoms. The van der Waals surface area contributed by atoms with Gasteiger partial charge in [0.1, 0.15) is 5.75 Å². The van der Waals surface area contributed by atoms with Crippen LogP contribution in [0.5, 0.6) is 5.75 Å². The fourth-order valence-corrected chi connectivity index (χ4v) is 2.26. The minimum atomic E-state index is -0.762. The Morgan fingerprint density at radius 1 is 1.50 bits per heavy atom. The van der Waals surface area contributed by atoms with Gasteiger partial charge >= 0.3 is 5.97 Å². The summed E-state index contributed by atoms with van der Waals surface area (Å²) in [7, 11) is 1.63. The van der Waals surface area contributed by atoms with E-state index in [-0.39, 0.29) is 12.5 Å². The lowest BCUT2D eigenvalue weighted by molar-refractivity contribution is -0.137. The molecule has 0 aromatic heterocycles. The van der Waals surface area contributed by atoms with E-state index in [1.54, 1.807) is 7.11 Å². The molecule has 0 bridgehead atoms. The topological polar surface area (TPSA) is 61.8 Å². The van der Waals surface area contributed by atoms with Gasteiger partial charge in [0.05, 0.1) is 19.6 Å². The van der Waals surface area contributed by atoms with Crippen LogP contribution in [-0.4, -0.2) is 43.9 Å². The van der Waals surface area contributed by atoms with Crippen LogP contribution in [0.2, 0.25) is 0 Å². The van der Waals surface area contributed by atoms with Crippen molar-refractivity contribution in [2.75, 3.05) is 31.6 Å². The number of aliphatic carboxylic acids is 1. The molecule has 98 valence electrons. The first-order valence-electron chi connectivity index (χ1n) is 6.04. The van der Waals surface area contributed by atoms with Gasteiger partial charge in [-0.1, -0.05) is 0 Å². The summed E-state index contributed by atoms with van der Waals surface area (Å²) in [4.78, 5) is 13.0. The van der Waals surface area contributed by atoms with Gasteiger partial charge in [-0.25, -0.2) is 0 Å². The molecule has 2 rings (SSSR count). The highest BCUT2D eigenvalue weighted by molar-refractivity contribution is 5.69. The number of nitrogens with zero attached hydrogens (tertiary/aromatic N) is 1. The average Bonchev–Trinajstić information content (AvgIpc) is 2.39. The molecule has 5 heteroatoms. The van der Waals surface area contributed by atoms with E-state index in [4.69, 9.17) is 9.84 Å². The number of rotatable bonds is 4. The van der Waals surface area contributed by atoms with E-state index in [1.165, 1.54) is 0 Å². The fraction of sp³-hybridized carbons (Fsp3) is 0.462. The van der Waals surface area contributed by atoms with Crippen LogP contribution in [0.1, 0.15) is 6.42 Å². The van der Waals surface area contributed by atoms with Crippen molar-refractivity contribution in [1.82, 2.24) is 5.32 Å². The Bertz CT molecular complexity index is 405. The van der Waals surface area contributed by atoms with Gasteiger partial charge in [-0.3, -0.25) is 4.79 Å². The highest BCUT2D eigenvalue weighted by Crippen LogP contribution is 2.23. The molecule has 1 aliphatic heterocycles. The largest absolute Gasteiger partial charge is 0.497 e. The molecule has 1 atom stereocenters. The molecule has 0 radical (unpaired) electrons. The zero-order chi connectivity index (χ0) is 13.0. The Balaban J connectivity index is 2.13. The first-order chi connectivity index (χ1) is 8.70. The van der Waals surface area contributed by atoms with Crippen molar-refractivity contribution in [3.05, 3.63) is 24.3 Å². The number of anilines is 1. The number of benzene rings is 1. The first kappa shape index (κ1) is 12.7. The summed E-state index contributed by atoms with van der Waals surface area (Å²) < 4.78 is 5.12. The van der Waals surface area contributed by atoms with Crippen molar-refractivity contribution in [2.45, 2.75) is 12.5 Å². The lowest BCUT2D eigenvalue weighted by Crippen LogP contribution is -2.52. The smallest absolute Gasteiger partial charge is 0.305 e. The average molecular weight is 250 g/mol. The van der Waals surface area contributed by atoms with Gasteiger partial charge in [0.2, 0.25) is 0 Å². The van der Waals surface area contributed by atoms with Crippen LogP contribution in [-0.2, 0) is 4.79 Å². The third-order valence-electron chi connectivity index (χ3n) is 3.16. The van der Waals surface area contributed by atoms with E-state index < -0.39 is 5.97 Å². The molecule has 2 N–H and O–H groups in total. The molecule has 1 saturated heterocycles. The maximum absolute atomic E-state index is 10.9. The molecule has 1 aromatic rings. The van der Waals surface area contributed by atoms with E-state index in [0.29, 0.717) is 6.54 Å². The second-order valence-electron chi connectivity index (χ2n) is 4.35. The summed E-state index contributed by atoms with van der Waals surface area (Å²) in [6.45, 7) is 2.41. The number of hydrogen-bond donors (Lipinski definition) is 2. The molecule has 1 heterocycles. The Morgan fingerprint density at radius 2 is 2.22 bits per heavy atom. The van der Waals surface area contributed by atoms with Crippen LogP contribution in [0, 0.1) is 0 Å². The molecule has 1 fully saturated rings. The molecule has 1 unspecified atom stereocenters. The highest BCUT2D eigenvalue weighted by Gasteiger charge is 2.24. The van der Waals surface area contributed by atoms with Gasteiger partial charge in [0.25, 0.3) is 0 Å². The van der Waals surface area contributed by atoms with E-state index >= 15 is 0 Å². The lowest BCUT2D eigenvalue weighted by Gasteiger charge is -2.37. The van der Waals surface area contributed by atoms with Crippen molar-refractivity contribution in [2.24, 2.45) is 0 Å². The standard InChI is InChI=1S/C13H18N2O3/c1-18-12-4-2-10(3-5-12)15-7-6-14-9-11(15)8-13(16)17/h2-5,11,14H,6-9H2,1H3,(H,16,17). The number of piperazine rings is 1. The molecule has 5 nitrogen and oxygen atoms in total. The second kappa shape index (κ2) is 5.73. The minimum absolute atomic E-state index is 0.00430. The maximum atomic E-state index is 10.9. The first-order valence-corrected chi connectivity index (χ1v) is 6.04. The summed E-state index contributed by atoms with van der Waals surface area (Å²) in [5, 5.41) is 12.2. The molecule has 1 aromatic carbocycles. The number of hydrogen-bond acceptors (Lipinski definition) is 4. The number of nitrogens with one attached hydrogen (secondary N) is 1. The van der Waals surface area contributed by atoms with Crippen molar-refractivity contribution < 1.29 is 14.6 Å². The number of carboxylic acid groups (broad SMARTS) is 1. The van der Waals surface area contributed by atoms with Crippen LogP contribution >= 0.6 is 0 Å². The van der Waals surface area contributed by atoms with Crippen LogP contribution in [0.15, 0.2) is 24.3 Å². The quantitative estimate of drug-likeness (QED) is 0.833. The van der Waals surface area contributed by atoms with Gasteiger partial charge in [-0.15, -0.1) is 0 Å². The Hall–Kier alpha value is -1.75. The SMILES string of the molecule is COc1ccc(N2CCNCC2CC(=O)O)cc1. The van der Waals surface area contributed by atoms with Crippen LogP contribution in [0.3, 0.4) is 0 Å². The monoisotopic (exact) mass is 250 g/mol. The van der Waals surface area contributed by atoms with Crippen molar-refractivity contribution in [3.8, 4) is 5.75 Å². The molecule has 0 aliphatic carbocycles. The lowest BCUT2D eigenvalue weighted by atomic mass is 10.1. The van der Waals surface area contributed by atoms with E-state index in [2.05, 4.69) is 10.2 Å². The Kier molecular flexibility index (Phi) is 4.04. The number of ether oxygens (including phenoxy) is 1. The summed E-state index contributed by atoms with van der Waals surface area (Å²) in [5.41, 5.74) is 1.04. The summed E-state index contributed by atoms with van der Waals surface area (Å²) in [6.07, 6.45) is 0.152. The third-order valence-corrected chi connectivity index (χ3v) is 3.16. The number of methoxy groups -OCH3 is 1. The summed E-state index contributed by atoms with van der Waals surface area (Å²) in [6, 6.07) is 7.74. The van der Waals surface area contributed by atoms with Crippen LogP contribution < -0.4 is 15.0 Å². The fourth-order valence-electron chi connectivity index (χ4n) is 2.26. The predicted octanol–water partition coefficient (Wildman–Crippen LogP) is 0.948. The number of carbonyl (C=O) groups is 1. The Labute approximate surface area is 106 Å². The minimum Gasteiger partial charge on any atom is -0.497 e. The van der Waals surface area contributed by atoms with Gasteiger partial charge in [-0.2, -0.15) is 0 Å². The van der Waals surface area contributed by atoms with Crippen molar-refractivity contribution in [3.63, 3.8) is 0 Å². The van der Waals surface area contributed by atoms with Gasteiger partial charge in [0, 0.05) is 25.3 Å². The zero-order valence-electron chi connectivity index (χ0n) is 10.4. The van der Waals surface area contributed by atoms with Crippen LogP contribution in [0.25, 0.3) is 0 Å². The van der Waals surface area contributed by atoms with Gasteiger partial charge in [0.15, 0.2) is 0 Å². The second-order valence-corrected chi connectivity index (χ2v) is 4.35. The molecule has 1 aliphatic rings. The van der Waals surface area contributed by atoms with Crippen LogP contribution in [0.4, 0.5) is 5.69 Å². The summed E-state index contributed by atoms with van der Waals surface area (Å²) >= 11 is 0. The Morgan fingerprint density at radius 3 is 2.83 bits per heavy atom. The number of carboxylic acids is 1. The van der Waals surface area contributed by atoms with Crippen molar-refractivity contribution >= 4 is 11.7 Å². The van der Waals surface area contributed by atoms with Gasteiger partial charge in [-0.05, 0) is 24.3 Å². The molecular formula is C13H18N2O3.